The smallest absolute Gasteiger partial charge is 0.417 e. The van der Waals surface area contributed by atoms with Gasteiger partial charge in [-0.25, -0.2) is 0 Å². The quantitative estimate of drug-likeness (QED) is 0.810. The lowest BCUT2D eigenvalue weighted by molar-refractivity contribution is -0.137. The number of rotatable bonds is 2. The molecule has 0 aliphatic heterocycles. The lowest BCUT2D eigenvalue weighted by Gasteiger charge is -2.13. The molecule has 0 atom stereocenters. The monoisotopic (exact) mass is 287 g/mol. The van der Waals surface area contributed by atoms with Crippen molar-refractivity contribution < 1.29 is 17.9 Å². The summed E-state index contributed by atoms with van der Waals surface area (Å²) < 4.78 is 43.3. The Morgan fingerprint density at radius 2 is 1.74 bits per heavy atom. The lowest BCUT2D eigenvalue weighted by Crippen LogP contribution is -2.06. The van der Waals surface area contributed by atoms with Gasteiger partial charge in [-0.1, -0.05) is 23.7 Å². The highest BCUT2D eigenvalue weighted by Gasteiger charge is 2.34. The molecule has 0 spiro atoms. The first-order valence-corrected chi connectivity index (χ1v) is 5.65. The van der Waals surface area contributed by atoms with Crippen molar-refractivity contribution in [3.63, 3.8) is 0 Å². The molecule has 0 saturated heterocycles. The molecule has 0 aliphatic rings. The van der Waals surface area contributed by atoms with Gasteiger partial charge >= 0.3 is 6.18 Å². The highest BCUT2D eigenvalue weighted by molar-refractivity contribution is 6.32. The second-order valence-electron chi connectivity index (χ2n) is 3.79. The lowest BCUT2D eigenvalue weighted by atomic mass is 10.2. The van der Waals surface area contributed by atoms with Gasteiger partial charge in [0.25, 0.3) is 0 Å². The number of hydrogen-bond donors (Lipinski definition) is 1. The first-order chi connectivity index (χ1) is 8.88. The van der Waals surface area contributed by atoms with Gasteiger partial charge in [0.05, 0.1) is 10.6 Å². The van der Waals surface area contributed by atoms with E-state index in [4.69, 9.17) is 22.1 Å². The van der Waals surface area contributed by atoms with E-state index in [9.17, 15) is 13.2 Å². The van der Waals surface area contributed by atoms with Crippen molar-refractivity contribution in [1.82, 2.24) is 0 Å². The molecule has 100 valence electrons. The number of benzene rings is 2. The molecule has 0 saturated carbocycles. The van der Waals surface area contributed by atoms with Crippen LogP contribution >= 0.6 is 11.6 Å². The number of ether oxygens (including phenoxy) is 1. The highest BCUT2D eigenvalue weighted by atomic mass is 35.5. The third-order valence-corrected chi connectivity index (χ3v) is 2.74. The Balaban J connectivity index is 2.36. The van der Waals surface area contributed by atoms with Crippen LogP contribution in [0.5, 0.6) is 11.5 Å². The molecular formula is C13H9ClF3NO. The second kappa shape index (κ2) is 5.01. The van der Waals surface area contributed by atoms with Gasteiger partial charge in [-0.3, -0.25) is 0 Å². The van der Waals surface area contributed by atoms with E-state index < -0.39 is 16.8 Å². The molecule has 2 aromatic carbocycles. The van der Waals surface area contributed by atoms with Gasteiger partial charge in [0.15, 0.2) is 0 Å². The molecule has 0 unspecified atom stereocenters. The average Bonchev–Trinajstić information content (AvgIpc) is 2.30. The number of halogens is 4. The Morgan fingerprint density at radius 1 is 1.05 bits per heavy atom. The molecule has 2 rings (SSSR count). The van der Waals surface area contributed by atoms with Crippen LogP contribution in [0, 0.1) is 0 Å². The molecule has 2 aromatic rings. The topological polar surface area (TPSA) is 35.2 Å². The summed E-state index contributed by atoms with van der Waals surface area (Å²) in [6.07, 6.45) is -4.52. The van der Waals surface area contributed by atoms with E-state index in [0.717, 1.165) is 6.07 Å². The van der Waals surface area contributed by atoms with Crippen molar-refractivity contribution >= 4 is 17.3 Å². The van der Waals surface area contributed by atoms with E-state index in [0.29, 0.717) is 11.4 Å². The summed E-state index contributed by atoms with van der Waals surface area (Å²) in [4.78, 5) is 0. The van der Waals surface area contributed by atoms with Gasteiger partial charge in [-0.2, -0.15) is 13.2 Å². The summed E-state index contributed by atoms with van der Waals surface area (Å²) in [6, 6.07) is 9.84. The minimum Gasteiger partial charge on any atom is -0.456 e. The molecule has 19 heavy (non-hydrogen) atoms. The summed E-state index contributed by atoms with van der Waals surface area (Å²) in [5.41, 5.74) is 5.07. The van der Waals surface area contributed by atoms with Crippen LogP contribution in [0.1, 0.15) is 5.56 Å². The highest BCUT2D eigenvalue weighted by Crippen LogP contribution is 2.40. The molecule has 0 aromatic heterocycles. The van der Waals surface area contributed by atoms with Crippen LogP contribution < -0.4 is 10.5 Å². The van der Waals surface area contributed by atoms with Gasteiger partial charge in [0, 0.05) is 11.8 Å². The number of nitrogen functional groups attached to an aromatic ring is 1. The van der Waals surface area contributed by atoms with Crippen molar-refractivity contribution in [2.75, 3.05) is 5.73 Å². The zero-order valence-corrected chi connectivity index (χ0v) is 10.3. The van der Waals surface area contributed by atoms with Gasteiger partial charge in [-0.05, 0) is 24.3 Å². The van der Waals surface area contributed by atoms with Crippen LogP contribution in [0.25, 0.3) is 0 Å². The van der Waals surface area contributed by atoms with Crippen LogP contribution in [0.15, 0.2) is 42.5 Å². The summed E-state index contributed by atoms with van der Waals surface area (Å²) in [5, 5.41) is -0.475. The molecule has 0 heterocycles. The van der Waals surface area contributed by atoms with Crippen LogP contribution in [-0.4, -0.2) is 0 Å². The van der Waals surface area contributed by atoms with Crippen LogP contribution in [0.4, 0.5) is 18.9 Å². The Labute approximate surface area is 112 Å². The van der Waals surface area contributed by atoms with Gasteiger partial charge in [0.1, 0.15) is 11.5 Å². The van der Waals surface area contributed by atoms with Crippen LogP contribution in [-0.2, 0) is 6.18 Å². The van der Waals surface area contributed by atoms with E-state index >= 15 is 0 Å². The summed E-state index contributed by atoms with van der Waals surface area (Å²) >= 11 is 5.71. The predicted molar refractivity (Wildman–Crippen MR) is 67.4 cm³/mol. The van der Waals surface area contributed by atoms with E-state index in [1.807, 2.05) is 0 Å². The molecule has 0 aliphatic carbocycles. The zero-order chi connectivity index (χ0) is 14.0. The van der Waals surface area contributed by atoms with E-state index in [1.165, 1.54) is 18.2 Å². The van der Waals surface area contributed by atoms with Crippen LogP contribution in [0.2, 0.25) is 5.02 Å². The molecule has 0 radical (unpaired) electrons. The SMILES string of the molecule is Nc1cccc(Oc2cccc(C(F)(F)F)c2Cl)c1. The van der Waals surface area contributed by atoms with E-state index in [-0.39, 0.29) is 5.75 Å². The number of hydrogen-bond acceptors (Lipinski definition) is 2. The maximum atomic E-state index is 12.7. The fourth-order valence-electron chi connectivity index (χ4n) is 1.51. The molecule has 0 amide bonds. The summed E-state index contributed by atoms with van der Waals surface area (Å²) in [5.74, 6) is 0.253. The first-order valence-electron chi connectivity index (χ1n) is 5.27. The fraction of sp³-hybridized carbons (Fsp3) is 0.0769. The number of nitrogens with two attached hydrogens (primary N) is 1. The van der Waals surface area contributed by atoms with E-state index in [1.54, 1.807) is 18.2 Å². The third-order valence-electron chi connectivity index (χ3n) is 2.35. The number of alkyl halides is 3. The normalized spacial score (nSPS) is 11.4. The Morgan fingerprint density at radius 3 is 2.37 bits per heavy atom. The summed E-state index contributed by atoms with van der Waals surface area (Å²) in [7, 11) is 0. The van der Waals surface area contributed by atoms with Crippen molar-refractivity contribution in [2.24, 2.45) is 0 Å². The average molecular weight is 288 g/mol. The zero-order valence-electron chi connectivity index (χ0n) is 9.54. The molecular weight excluding hydrogens is 279 g/mol. The van der Waals surface area contributed by atoms with Crippen molar-refractivity contribution in [1.29, 1.82) is 0 Å². The largest absolute Gasteiger partial charge is 0.456 e. The Hall–Kier alpha value is -1.88. The van der Waals surface area contributed by atoms with Crippen molar-refractivity contribution in [2.45, 2.75) is 6.18 Å². The maximum absolute atomic E-state index is 12.7. The van der Waals surface area contributed by atoms with Gasteiger partial charge in [0.2, 0.25) is 0 Å². The Bertz CT molecular complexity index is 599. The van der Waals surface area contributed by atoms with Crippen molar-refractivity contribution in [3.8, 4) is 11.5 Å². The fourth-order valence-corrected chi connectivity index (χ4v) is 1.79. The standard InChI is InChI=1S/C13H9ClF3NO/c14-12-10(13(15,16)17)5-2-6-11(12)19-9-4-1-3-8(18)7-9/h1-7H,18H2. The minimum absolute atomic E-state index is 0.0675. The molecule has 0 fully saturated rings. The molecule has 2 N–H and O–H groups in total. The van der Waals surface area contributed by atoms with Gasteiger partial charge in [-0.15, -0.1) is 0 Å². The third kappa shape index (κ3) is 3.12. The molecule has 2 nitrogen and oxygen atoms in total. The predicted octanol–water partition coefficient (Wildman–Crippen LogP) is 4.73. The second-order valence-corrected chi connectivity index (χ2v) is 4.17. The summed E-state index contributed by atoms with van der Waals surface area (Å²) in [6.45, 7) is 0. The van der Waals surface area contributed by atoms with Crippen LogP contribution in [0.3, 0.4) is 0 Å². The first kappa shape index (κ1) is 13.5. The van der Waals surface area contributed by atoms with E-state index in [2.05, 4.69) is 0 Å². The van der Waals surface area contributed by atoms with Gasteiger partial charge < -0.3 is 10.5 Å². The molecule has 0 bridgehead atoms. The van der Waals surface area contributed by atoms with Crippen molar-refractivity contribution in [3.05, 3.63) is 53.1 Å². The molecule has 6 heteroatoms. The Kier molecular flexibility index (Phi) is 3.57. The minimum atomic E-state index is -4.52. The number of anilines is 1. The maximum Gasteiger partial charge on any atom is 0.417 e.